The van der Waals surface area contributed by atoms with Crippen LogP contribution in [0.25, 0.3) is 0 Å². The minimum absolute atomic E-state index is 0.0453. The number of nitrogens with zero attached hydrogens (tertiary/aromatic N) is 1. The molecule has 1 aromatic rings. The Bertz CT molecular complexity index is 497. The molecule has 22 heavy (non-hydrogen) atoms. The van der Waals surface area contributed by atoms with Gasteiger partial charge >= 0.3 is 6.18 Å². The third kappa shape index (κ3) is 3.99. The van der Waals surface area contributed by atoms with Crippen molar-refractivity contribution in [2.75, 3.05) is 19.6 Å². The first-order valence-corrected chi connectivity index (χ1v) is 7.93. The summed E-state index contributed by atoms with van der Waals surface area (Å²) in [5.41, 5.74) is -2.62. The van der Waals surface area contributed by atoms with Gasteiger partial charge < -0.3 is 10.4 Å². The molecule has 0 spiro atoms. The fourth-order valence-corrected chi connectivity index (χ4v) is 3.20. The van der Waals surface area contributed by atoms with Crippen molar-refractivity contribution in [2.24, 2.45) is 0 Å². The summed E-state index contributed by atoms with van der Waals surface area (Å²) in [5, 5.41) is 14.3. The summed E-state index contributed by atoms with van der Waals surface area (Å²) in [6, 6.07) is 3.69. The Hall–Kier alpha value is -1.12. The van der Waals surface area contributed by atoms with E-state index in [0.29, 0.717) is 0 Å². The van der Waals surface area contributed by atoms with Crippen molar-refractivity contribution in [3.63, 3.8) is 0 Å². The second-order valence-corrected chi connectivity index (χ2v) is 6.59. The first-order valence-electron chi connectivity index (χ1n) is 7.05. The summed E-state index contributed by atoms with van der Waals surface area (Å²) < 4.78 is 38.1. The molecular weight excluding hydrogens is 317 g/mol. The van der Waals surface area contributed by atoms with Crippen LogP contribution in [0, 0.1) is 0 Å². The molecule has 8 heteroatoms. The molecule has 1 aliphatic rings. The van der Waals surface area contributed by atoms with Gasteiger partial charge in [-0.05, 0) is 31.2 Å². The van der Waals surface area contributed by atoms with E-state index in [0.717, 1.165) is 4.88 Å². The topological polar surface area (TPSA) is 52.6 Å². The lowest BCUT2D eigenvalue weighted by Gasteiger charge is -2.38. The van der Waals surface area contributed by atoms with Crippen LogP contribution in [0.15, 0.2) is 17.5 Å². The number of alkyl halides is 3. The Morgan fingerprint density at radius 1 is 1.50 bits per heavy atom. The number of hydrogen-bond donors (Lipinski definition) is 2. The number of halogens is 3. The van der Waals surface area contributed by atoms with E-state index >= 15 is 0 Å². The van der Waals surface area contributed by atoms with E-state index in [-0.39, 0.29) is 31.6 Å². The van der Waals surface area contributed by atoms with Crippen molar-refractivity contribution in [3.05, 3.63) is 22.4 Å². The molecule has 1 atom stereocenters. The fraction of sp³-hybridized carbons (Fsp3) is 0.643. The second-order valence-electron chi connectivity index (χ2n) is 5.61. The van der Waals surface area contributed by atoms with Crippen LogP contribution in [0.4, 0.5) is 13.2 Å². The summed E-state index contributed by atoms with van der Waals surface area (Å²) >= 11 is 1.54. The van der Waals surface area contributed by atoms with E-state index in [4.69, 9.17) is 0 Å². The highest BCUT2D eigenvalue weighted by atomic mass is 32.1. The van der Waals surface area contributed by atoms with Gasteiger partial charge in [-0.3, -0.25) is 9.69 Å². The number of thiophene rings is 1. The van der Waals surface area contributed by atoms with Gasteiger partial charge in [-0.2, -0.15) is 13.2 Å². The van der Waals surface area contributed by atoms with Gasteiger partial charge in [0.25, 0.3) is 0 Å². The molecule has 0 aromatic carbocycles. The molecule has 1 aliphatic heterocycles. The van der Waals surface area contributed by atoms with Crippen LogP contribution in [0.1, 0.15) is 30.7 Å². The summed E-state index contributed by atoms with van der Waals surface area (Å²) in [4.78, 5) is 14.6. The first-order chi connectivity index (χ1) is 10.2. The molecule has 1 amide bonds. The third-order valence-electron chi connectivity index (χ3n) is 3.93. The number of rotatable bonds is 4. The Morgan fingerprint density at radius 2 is 2.14 bits per heavy atom. The zero-order valence-corrected chi connectivity index (χ0v) is 13.0. The molecule has 1 saturated heterocycles. The zero-order chi connectivity index (χ0) is 16.4. The fourth-order valence-electron chi connectivity index (χ4n) is 2.46. The summed E-state index contributed by atoms with van der Waals surface area (Å²) in [6.07, 6.45) is -5.41. The monoisotopic (exact) mass is 336 g/mol. The van der Waals surface area contributed by atoms with Crippen LogP contribution < -0.4 is 5.32 Å². The zero-order valence-electron chi connectivity index (χ0n) is 12.2. The molecule has 1 unspecified atom stereocenters. The number of likely N-dealkylation sites (tertiary alicyclic amines) is 1. The van der Waals surface area contributed by atoms with E-state index in [1.807, 2.05) is 24.4 Å². The van der Waals surface area contributed by atoms with Crippen molar-refractivity contribution in [2.45, 2.75) is 37.6 Å². The molecule has 0 aliphatic carbocycles. The van der Waals surface area contributed by atoms with Crippen LogP contribution in [-0.2, 0) is 4.79 Å². The Balaban J connectivity index is 1.80. The summed E-state index contributed by atoms with van der Waals surface area (Å²) in [6.45, 7) is 2.01. The molecule has 1 aromatic heterocycles. The van der Waals surface area contributed by atoms with Gasteiger partial charge in [0.15, 0.2) is 5.60 Å². The number of nitrogens with one attached hydrogen (secondary N) is 1. The van der Waals surface area contributed by atoms with Crippen molar-refractivity contribution in [1.29, 1.82) is 0 Å². The number of aliphatic hydroxyl groups is 1. The largest absolute Gasteiger partial charge is 0.417 e. The normalized spacial score (nSPS) is 20.6. The van der Waals surface area contributed by atoms with E-state index in [2.05, 4.69) is 5.32 Å². The van der Waals surface area contributed by atoms with Gasteiger partial charge in [0.1, 0.15) is 0 Å². The number of hydrogen-bond acceptors (Lipinski definition) is 4. The lowest BCUT2D eigenvalue weighted by atomic mass is 9.91. The highest BCUT2D eigenvalue weighted by Crippen LogP contribution is 2.38. The standard InChI is InChI=1S/C14H19F3N2O2S/c1-10(11-3-2-8-22-11)18-12(20)9-19-6-4-13(21,5-7-19)14(15,16)17/h2-3,8,10,21H,4-7,9H2,1H3,(H,18,20). The molecule has 4 nitrogen and oxygen atoms in total. The average molecular weight is 336 g/mol. The maximum Gasteiger partial charge on any atom is 0.417 e. The quantitative estimate of drug-likeness (QED) is 0.887. The van der Waals surface area contributed by atoms with Crippen LogP contribution in [0.2, 0.25) is 0 Å². The van der Waals surface area contributed by atoms with Gasteiger partial charge in [-0.15, -0.1) is 11.3 Å². The molecular formula is C14H19F3N2O2S. The Kier molecular flexibility index (Phi) is 5.14. The van der Waals surface area contributed by atoms with Gasteiger partial charge in [0.05, 0.1) is 12.6 Å². The number of carbonyl (C=O) groups excluding carboxylic acids is 1. The molecule has 2 N–H and O–H groups in total. The third-order valence-corrected chi connectivity index (χ3v) is 4.98. The first kappa shape index (κ1) is 17.2. The highest BCUT2D eigenvalue weighted by Gasteiger charge is 2.54. The lowest BCUT2D eigenvalue weighted by molar-refractivity contribution is -0.272. The summed E-state index contributed by atoms with van der Waals surface area (Å²) in [5.74, 6) is -0.224. The molecule has 0 radical (unpaired) electrons. The number of carbonyl (C=O) groups is 1. The highest BCUT2D eigenvalue weighted by molar-refractivity contribution is 7.10. The SMILES string of the molecule is CC(NC(=O)CN1CCC(O)(C(F)(F)F)CC1)c1cccs1. The van der Waals surface area contributed by atoms with E-state index in [9.17, 15) is 23.1 Å². The summed E-state index contributed by atoms with van der Waals surface area (Å²) in [7, 11) is 0. The predicted octanol–water partition coefficient (Wildman–Crippen LogP) is 2.31. The molecule has 0 bridgehead atoms. The van der Waals surface area contributed by atoms with E-state index < -0.39 is 24.6 Å². The predicted molar refractivity (Wildman–Crippen MR) is 77.6 cm³/mol. The maximum absolute atomic E-state index is 12.7. The number of piperidine rings is 1. The van der Waals surface area contributed by atoms with Crippen molar-refractivity contribution in [1.82, 2.24) is 10.2 Å². The Morgan fingerprint density at radius 3 is 2.64 bits per heavy atom. The van der Waals surface area contributed by atoms with E-state index in [1.54, 1.807) is 4.90 Å². The van der Waals surface area contributed by atoms with Gasteiger partial charge in [0, 0.05) is 18.0 Å². The van der Waals surface area contributed by atoms with Crippen LogP contribution >= 0.6 is 11.3 Å². The van der Waals surface area contributed by atoms with Gasteiger partial charge in [-0.25, -0.2) is 0 Å². The second kappa shape index (κ2) is 6.55. The van der Waals surface area contributed by atoms with Crippen LogP contribution in [0.3, 0.4) is 0 Å². The van der Waals surface area contributed by atoms with Gasteiger partial charge in [-0.1, -0.05) is 6.07 Å². The maximum atomic E-state index is 12.7. The van der Waals surface area contributed by atoms with Crippen molar-refractivity contribution >= 4 is 17.2 Å². The molecule has 2 heterocycles. The van der Waals surface area contributed by atoms with Crippen LogP contribution in [0.5, 0.6) is 0 Å². The molecule has 124 valence electrons. The molecule has 1 fully saturated rings. The average Bonchev–Trinajstić information content (AvgIpc) is 2.94. The Labute approximate surface area is 130 Å². The lowest BCUT2D eigenvalue weighted by Crippen LogP contribution is -2.54. The van der Waals surface area contributed by atoms with E-state index in [1.165, 1.54) is 11.3 Å². The minimum Gasteiger partial charge on any atom is -0.380 e. The minimum atomic E-state index is -4.62. The molecule has 2 rings (SSSR count). The van der Waals surface area contributed by atoms with Crippen molar-refractivity contribution < 1.29 is 23.1 Å². The van der Waals surface area contributed by atoms with Crippen LogP contribution in [-0.4, -0.2) is 47.3 Å². The van der Waals surface area contributed by atoms with Crippen molar-refractivity contribution in [3.8, 4) is 0 Å². The van der Waals surface area contributed by atoms with Gasteiger partial charge in [0.2, 0.25) is 5.91 Å². The number of amides is 1. The molecule has 0 saturated carbocycles. The smallest absolute Gasteiger partial charge is 0.380 e.